The van der Waals surface area contributed by atoms with Gasteiger partial charge < -0.3 is 9.84 Å². The van der Waals surface area contributed by atoms with Crippen LogP contribution in [0.2, 0.25) is 0 Å². The van der Waals surface area contributed by atoms with Crippen LogP contribution < -0.4 is 4.74 Å². The molecule has 0 bridgehead atoms. The molecular weight excluding hydrogens is 236 g/mol. The Hall–Kier alpha value is -2.06. The highest BCUT2D eigenvalue weighted by Crippen LogP contribution is 2.22. The summed E-state index contributed by atoms with van der Waals surface area (Å²) in [6.07, 6.45) is 2.00. The molecule has 2 rings (SSSR count). The van der Waals surface area contributed by atoms with Crippen molar-refractivity contribution >= 4 is 11.6 Å². The first kappa shape index (κ1) is 13.4. The number of aryl methyl sites for hydroxylation is 1. The molecule has 0 atom stereocenters. The molecule has 0 radical (unpaired) electrons. The van der Waals surface area contributed by atoms with Gasteiger partial charge in [0.15, 0.2) is 0 Å². The number of rotatable bonds is 4. The van der Waals surface area contributed by atoms with Gasteiger partial charge >= 0.3 is 0 Å². The quantitative estimate of drug-likeness (QED) is 0.846. The van der Waals surface area contributed by atoms with Crippen LogP contribution in [0.25, 0.3) is 11.6 Å². The number of hydrogen-bond donors (Lipinski definition) is 1. The molecule has 19 heavy (non-hydrogen) atoms. The molecule has 0 spiro atoms. The van der Waals surface area contributed by atoms with Crippen molar-refractivity contribution in [3.05, 3.63) is 65.2 Å². The van der Waals surface area contributed by atoms with Crippen LogP contribution in [0.15, 0.2) is 48.5 Å². The van der Waals surface area contributed by atoms with Gasteiger partial charge in [-0.05, 0) is 41.8 Å². The van der Waals surface area contributed by atoms with E-state index in [1.54, 1.807) is 7.11 Å². The highest BCUT2D eigenvalue weighted by Gasteiger charge is 2.02. The summed E-state index contributed by atoms with van der Waals surface area (Å²) in [5, 5.41) is 9.56. The number of aliphatic hydroxyl groups excluding tert-OH is 1. The highest BCUT2D eigenvalue weighted by atomic mass is 16.5. The van der Waals surface area contributed by atoms with Crippen molar-refractivity contribution in [3.8, 4) is 5.75 Å². The van der Waals surface area contributed by atoms with Gasteiger partial charge in [0.05, 0.1) is 13.7 Å². The van der Waals surface area contributed by atoms with E-state index in [9.17, 15) is 5.11 Å². The summed E-state index contributed by atoms with van der Waals surface area (Å²) >= 11 is 0. The Morgan fingerprint density at radius 3 is 2.63 bits per heavy atom. The number of methoxy groups -OCH3 is 1. The monoisotopic (exact) mass is 254 g/mol. The van der Waals surface area contributed by atoms with Crippen molar-refractivity contribution in [1.82, 2.24) is 0 Å². The molecule has 0 saturated heterocycles. The molecule has 1 N–H and O–H groups in total. The summed E-state index contributed by atoms with van der Waals surface area (Å²) in [4.78, 5) is 0. The van der Waals surface area contributed by atoms with Crippen LogP contribution in [0.5, 0.6) is 5.75 Å². The zero-order valence-corrected chi connectivity index (χ0v) is 11.3. The lowest BCUT2D eigenvalue weighted by molar-refractivity contribution is 0.350. The van der Waals surface area contributed by atoms with E-state index in [1.807, 2.05) is 42.5 Å². The third-order valence-corrected chi connectivity index (χ3v) is 2.99. The Morgan fingerprint density at radius 2 is 1.95 bits per heavy atom. The Labute approximate surface area is 114 Å². The van der Waals surface area contributed by atoms with Crippen molar-refractivity contribution in [3.63, 3.8) is 0 Å². The third kappa shape index (κ3) is 3.46. The molecule has 0 fully saturated rings. The average Bonchev–Trinajstić information content (AvgIpc) is 2.45. The van der Waals surface area contributed by atoms with Gasteiger partial charge in [0.2, 0.25) is 0 Å². The predicted molar refractivity (Wildman–Crippen MR) is 79.1 cm³/mol. The summed E-state index contributed by atoms with van der Waals surface area (Å²) < 4.78 is 5.21. The normalized spacial score (nSPS) is 11.4. The van der Waals surface area contributed by atoms with Crippen molar-refractivity contribution in [1.29, 1.82) is 0 Å². The topological polar surface area (TPSA) is 29.5 Å². The summed E-state index contributed by atoms with van der Waals surface area (Å²) in [5.74, 6) is 0.793. The maximum Gasteiger partial charge on any atom is 0.119 e. The molecule has 0 amide bonds. The van der Waals surface area contributed by atoms with Crippen molar-refractivity contribution in [2.75, 3.05) is 13.7 Å². The first-order valence-corrected chi connectivity index (χ1v) is 6.25. The fourth-order valence-electron chi connectivity index (χ4n) is 2.00. The van der Waals surface area contributed by atoms with Crippen LogP contribution in [0, 0.1) is 6.92 Å². The number of benzene rings is 2. The molecule has 2 heteroatoms. The molecule has 2 aromatic carbocycles. The molecule has 0 aliphatic heterocycles. The zero-order chi connectivity index (χ0) is 13.7. The van der Waals surface area contributed by atoms with Gasteiger partial charge in [-0.15, -0.1) is 0 Å². The smallest absolute Gasteiger partial charge is 0.119 e. The minimum atomic E-state index is 0.00110. The van der Waals surface area contributed by atoms with Crippen LogP contribution in [0.1, 0.15) is 16.7 Å². The molecule has 0 unspecified atom stereocenters. The Balaban J connectivity index is 2.38. The second-order valence-electron chi connectivity index (χ2n) is 4.47. The lowest BCUT2D eigenvalue weighted by Crippen LogP contribution is -1.92. The maximum atomic E-state index is 9.56. The lowest BCUT2D eigenvalue weighted by Gasteiger charge is -2.07. The number of hydrogen-bond acceptors (Lipinski definition) is 2. The van der Waals surface area contributed by atoms with Crippen LogP contribution in [0.3, 0.4) is 0 Å². The molecule has 2 nitrogen and oxygen atoms in total. The minimum absolute atomic E-state index is 0.00110. The van der Waals surface area contributed by atoms with E-state index in [0.29, 0.717) is 0 Å². The fraction of sp³-hybridized carbons (Fsp3) is 0.176. The second-order valence-corrected chi connectivity index (χ2v) is 4.47. The van der Waals surface area contributed by atoms with Gasteiger partial charge in [-0.2, -0.15) is 0 Å². The molecular formula is C17H18O2. The van der Waals surface area contributed by atoms with Gasteiger partial charge in [-0.1, -0.05) is 42.0 Å². The Bertz CT molecular complexity index is 585. The van der Waals surface area contributed by atoms with E-state index in [-0.39, 0.29) is 6.61 Å². The zero-order valence-electron chi connectivity index (χ0n) is 11.3. The van der Waals surface area contributed by atoms with E-state index >= 15 is 0 Å². The summed E-state index contributed by atoms with van der Waals surface area (Å²) in [7, 11) is 1.64. The van der Waals surface area contributed by atoms with Crippen LogP contribution in [0.4, 0.5) is 0 Å². The molecule has 0 heterocycles. The molecule has 98 valence electrons. The van der Waals surface area contributed by atoms with Crippen molar-refractivity contribution in [2.24, 2.45) is 0 Å². The molecule has 0 aliphatic carbocycles. The van der Waals surface area contributed by atoms with Crippen LogP contribution >= 0.6 is 0 Å². The summed E-state index contributed by atoms with van der Waals surface area (Å²) in [5.41, 5.74) is 4.15. The second kappa shape index (κ2) is 6.21. The van der Waals surface area contributed by atoms with Crippen molar-refractivity contribution in [2.45, 2.75) is 6.92 Å². The first-order valence-electron chi connectivity index (χ1n) is 6.25. The minimum Gasteiger partial charge on any atom is -0.497 e. The van der Waals surface area contributed by atoms with Crippen molar-refractivity contribution < 1.29 is 9.84 Å². The number of ether oxygens (including phenoxy) is 1. The Kier molecular flexibility index (Phi) is 4.37. The Morgan fingerprint density at radius 1 is 1.16 bits per heavy atom. The molecule has 0 aromatic heterocycles. The fourth-order valence-corrected chi connectivity index (χ4v) is 2.00. The van der Waals surface area contributed by atoms with Crippen LogP contribution in [-0.2, 0) is 0 Å². The standard InChI is InChI=1S/C17H18O2/c1-13-5-3-6-14(9-13)10-16(12-18)15-7-4-8-17(11-15)19-2/h3-11,18H,12H2,1-2H3/b16-10+. The van der Waals surface area contributed by atoms with Gasteiger partial charge in [0, 0.05) is 0 Å². The van der Waals surface area contributed by atoms with E-state index in [2.05, 4.69) is 19.1 Å². The lowest BCUT2D eigenvalue weighted by atomic mass is 10.0. The summed E-state index contributed by atoms with van der Waals surface area (Å²) in [6.45, 7) is 2.06. The van der Waals surface area contributed by atoms with Gasteiger partial charge in [0.25, 0.3) is 0 Å². The van der Waals surface area contributed by atoms with E-state index < -0.39 is 0 Å². The summed E-state index contributed by atoms with van der Waals surface area (Å²) in [6, 6.07) is 15.9. The SMILES string of the molecule is COc1cccc(/C(=C/c2cccc(C)c2)CO)c1. The largest absolute Gasteiger partial charge is 0.497 e. The third-order valence-electron chi connectivity index (χ3n) is 2.99. The van der Waals surface area contributed by atoms with Gasteiger partial charge in [-0.3, -0.25) is 0 Å². The number of aliphatic hydroxyl groups is 1. The van der Waals surface area contributed by atoms with Gasteiger partial charge in [0.1, 0.15) is 5.75 Å². The predicted octanol–water partition coefficient (Wildman–Crippen LogP) is 3.54. The highest BCUT2D eigenvalue weighted by molar-refractivity contribution is 5.82. The molecule has 2 aromatic rings. The van der Waals surface area contributed by atoms with Crippen LogP contribution in [-0.4, -0.2) is 18.8 Å². The molecule has 0 saturated carbocycles. The molecule has 0 aliphatic rings. The van der Waals surface area contributed by atoms with Gasteiger partial charge in [-0.25, -0.2) is 0 Å². The maximum absolute atomic E-state index is 9.56. The van der Waals surface area contributed by atoms with E-state index in [1.165, 1.54) is 5.56 Å². The van der Waals surface area contributed by atoms with E-state index in [0.717, 1.165) is 22.4 Å². The first-order chi connectivity index (χ1) is 9.22. The average molecular weight is 254 g/mol. The van der Waals surface area contributed by atoms with E-state index in [4.69, 9.17) is 4.74 Å².